The fourth-order valence-electron chi connectivity index (χ4n) is 4.94. The molecule has 0 spiro atoms. The number of fused-ring (bicyclic) bond motifs is 1. The molecule has 5 rings (SSSR count). The molecule has 2 aliphatic carbocycles. The number of carbonyl (C=O) groups excluding carboxylic acids is 2. The summed E-state index contributed by atoms with van der Waals surface area (Å²) in [7, 11) is 0. The Bertz CT molecular complexity index is 888. The van der Waals surface area contributed by atoms with Gasteiger partial charge in [0.1, 0.15) is 17.6 Å². The fourth-order valence-corrected chi connectivity index (χ4v) is 4.94. The normalized spacial score (nSPS) is 30.3. The smallest absolute Gasteiger partial charge is 0.310 e. The van der Waals surface area contributed by atoms with E-state index >= 15 is 0 Å². The highest BCUT2D eigenvalue weighted by molar-refractivity contribution is 5.97. The molecule has 3 aliphatic rings. The van der Waals surface area contributed by atoms with Crippen LogP contribution in [0.15, 0.2) is 48.5 Å². The number of nitrogens with one attached hydrogen (secondary N) is 1. The summed E-state index contributed by atoms with van der Waals surface area (Å²) in [5.41, 5.74) is 1.89. The van der Waals surface area contributed by atoms with Crippen LogP contribution < -0.4 is 10.1 Å². The molecule has 1 N–H and O–H groups in total. The Balaban J connectivity index is 1.25. The maximum absolute atomic E-state index is 12.8. The third-order valence-corrected chi connectivity index (χ3v) is 6.16. The first-order valence-electron chi connectivity index (χ1n) is 9.44. The van der Waals surface area contributed by atoms with Crippen LogP contribution in [0, 0.1) is 30.6 Å². The molecule has 3 fully saturated rings. The number of anilines is 1. The van der Waals surface area contributed by atoms with Crippen molar-refractivity contribution in [3.63, 3.8) is 0 Å². The Kier molecular flexibility index (Phi) is 3.71. The lowest BCUT2D eigenvalue weighted by molar-refractivity contribution is -0.145. The lowest BCUT2D eigenvalue weighted by Gasteiger charge is -2.23. The minimum atomic E-state index is -0.260. The van der Waals surface area contributed by atoms with E-state index in [1.807, 2.05) is 55.5 Å². The van der Waals surface area contributed by atoms with Crippen LogP contribution in [0.3, 0.4) is 0 Å². The molecule has 0 radical (unpaired) electrons. The standard InChI is InChI=1S/C22H21NO4/c1-12-2-6-15(7-3-12)26-16-8-4-14(5-9-16)23-21(24)19-13-10-17-18(11-13)27-22(25)20(17)19/h2-9,13,17-20H,10-11H2,1H3,(H,23,24)/t13-,17-,18-,19-,20-/m0/s1. The molecule has 2 bridgehead atoms. The van der Waals surface area contributed by atoms with Crippen LogP contribution in [0.4, 0.5) is 5.69 Å². The summed E-state index contributed by atoms with van der Waals surface area (Å²) in [6.07, 6.45) is 1.81. The van der Waals surface area contributed by atoms with Crippen LogP contribution in [0.25, 0.3) is 0 Å². The highest BCUT2D eigenvalue weighted by Crippen LogP contribution is 2.57. The van der Waals surface area contributed by atoms with Crippen LogP contribution in [0.5, 0.6) is 11.5 Å². The first-order chi connectivity index (χ1) is 13.1. The van der Waals surface area contributed by atoms with Crippen molar-refractivity contribution in [3.05, 3.63) is 54.1 Å². The molecule has 1 aliphatic heterocycles. The number of carbonyl (C=O) groups is 2. The number of amides is 1. The van der Waals surface area contributed by atoms with Crippen molar-refractivity contribution in [1.29, 1.82) is 0 Å². The number of aryl methyl sites for hydroxylation is 1. The molecule has 1 amide bonds. The molecule has 5 heteroatoms. The molecule has 2 aromatic rings. The molecule has 0 aromatic heterocycles. The molecule has 1 saturated heterocycles. The van der Waals surface area contributed by atoms with Crippen molar-refractivity contribution in [2.75, 3.05) is 5.32 Å². The number of hydrogen-bond donors (Lipinski definition) is 1. The first-order valence-corrected chi connectivity index (χ1v) is 9.44. The number of ether oxygens (including phenoxy) is 2. The van der Waals surface area contributed by atoms with E-state index in [1.54, 1.807) is 0 Å². The van der Waals surface area contributed by atoms with Crippen molar-refractivity contribution in [2.45, 2.75) is 25.9 Å². The maximum Gasteiger partial charge on any atom is 0.310 e. The van der Waals surface area contributed by atoms with Gasteiger partial charge in [0.05, 0.1) is 11.8 Å². The highest BCUT2D eigenvalue weighted by Gasteiger charge is 2.63. The van der Waals surface area contributed by atoms with E-state index in [0.29, 0.717) is 11.4 Å². The van der Waals surface area contributed by atoms with Gasteiger partial charge in [-0.1, -0.05) is 17.7 Å². The molecule has 138 valence electrons. The number of rotatable bonds is 4. The summed E-state index contributed by atoms with van der Waals surface area (Å²) in [6.45, 7) is 2.03. The van der Waals surface area contributed by atoms with E-state index in [9.17, 15) is 9.59 Å². The lowest BCUT2D eigenvalue weighted by atomic mass is 9.79. The third kappa shape index (κ3) is 2.78. The predicted octanol–water partition coefficient (Wildman–Crippen LogP) is 3.92. The second-order valence-electron chi connectivity index (χ2n) is 7.85. The fraction of sp³-hybridized carbons (Fsp3) is 0.364. The van der Waals surface area contributed by atoms with Crippen LogP contribution >= 0.6 is 0 Å². The summed E-state index contributed by atoms with van der Waals surface area (Å²) in [4.78, 5) is 24.9. The Labute approximate surface area is 157 Å². The first kappa shape index (κ1) is 16.4. The Morgan fingerprint density at radius 2 is 1.70 bits per heavy atom. The zero-order chi connectivity index (χ0) is 18.5. The Hall–Kier alpha value is -2.82. The molecule has 5 nitrogen and oxygen atoms in total. The zero-order valence-corrected chi connectivity index (χ0v) is 15.1. The molecule has 2 aromatic carbocycles. The monoisotopic (exact) mass is 363 g/mol. The second kappa shape index (κ2) is 6.12. The summed E-state index contributed by atoms with van der Waals surface area (Å²) >= 11 is 0. The molecular weight excluding hydrogens is 342 g/mol. The predicted molar refractivity (Wildman–Crippen MR) is 99.4 cm³/mol. The molecular formula is C22H21NO4. The summed E-state index contributed by atoms with van der Waals surface area (Å²) in [5.74, 6) is 1.21. The van der Waals surface area contributed by atoms with Gasteiger partial charge in [0, 0.05) is 11.6 Å². The van der Waals surface area contributed by atoms with Crippen molar-refractivity contribution < 1.29 is 19.1 Å². The van der Waals surface area contributed by atoms with E-state index in [0.717, 1.165) is 18.6 Å². The van der Waals surface area contributed by atoms with Gasteiger partial charge in [0.25, 0.3) is 0 Å². The van der Waals surface area contributed by atoms with E-state index in [1.165, 1.54) is 5.56 Å². The van der Waals surface area contributed by atoms with E-state index in [2.05, 4.69) is 5.32 Å². The van der Waals surface area contributed by atoms with Gasteiger partial charge in [-0.15, -0.1) is 0 Å². The summed E-state index contributed by atoms with van der Waals surface area (Å²) in [6, 6.07) is 15.2. The number of hydrogen-bond acceptors (Lipinski definition) is 4. The average molecular weight is 363 g/mol. The molecule has 1 heterocycles. The van der Waals surface area contributed by atoms with Gasteiger partial charge >= 0.3 is 5.97 Å². The van der Waals surface area contributed by atoms with Gasteiger partial charge in [-0.25, -0.2) is 0 Å². The van der Waals surface area contributed by atoms with Gasteiger partial charge in [-0.3, -0.25) is 9.59 Å². The van der Waals surface area contributed by atoms with Crippen LogP contribution in [-0.2, 0) is 14.3 Å². The Morgan fingerprint density at radius 3 is 2.41 bits per heavy atom. The molecule has 27 heavy (non-hydrogen) atoms. The van der Waals surface area contributed by atoms with Gasteiger partial charge in [-0.2, -0.15) is 0 Å². The molecule has 5 atom stereocenters. The quantitative estimate of drug-likeness (QED) is 0.836. The SMILES string of the molecule is Cc1ccc(Oc2ccc(NC(=O)[C@H]3[C@H]4C[C@@H]5[C@@H]3C(=O)O[C@H]5C4)cc2)cc1. The van der Waals surface area contributed by atoms with Crippen molar-refractivity contribution in [1.82, 2.24) is 0 Å². The van der Waals surface area contributed by atoms with Crippen LogP contribution in [0.2, 0.25) is 0 Å². The van der Waals surface area contributed by atoms with Crippen LogP contribution in [0.1, 0.15) is 18.4 Å². The molecule has 2 saturated carbocycles. The van der Waals surface area contributed by atoms with Gasteiger partial charge < -0.3 is 14.8 Å². The van der Waals surface area contributed by atoms with Crippen molar-refractivity contribution in [3.8, 4) is 11.5 Å². The highest BCUT2D eigenvalue weighted by atomic mass is 16.6. The van der Waals surface area contributed by atoms with Gasteiger partial charge in [0.15, 0.2) is 0 Å². The summed E-state index contributed by atoms with van der Waals surface area (Å²) < 4.78 is 11.2. The Morgan fingerprint density at radius 1 is 1.04 bits per heavy atom. The van der Waals surface area contributed by atoms with Crippen LogP contribution in [-0.4, -0.2) is 18.0 Å². The topological polar surface area (TPSA) is 64.6 Å². The van der Waals surface area contributed by atoms with E-state index in [4.69, 9.17) is 9.47 Å². The minimum absolute atomic E-state index is 0.0507. The van der Waals surface area contributed by atoms with Gasteiger partial charge in [0.2, 0.25) is 5.91 Å². The minimum Gasteiger partial charge on any atom is -0.462 e. The van der Waals surface area contributed by atoms with E-state index < -0.39 is 0 Å². The third-order valence-electron chi connectivity index (χ3n) is 6.16. The lowest BCUT2D eigenvalue weighted by Crippen LogP contribution is -2.35. The maximum atomic E-state index is 12.8. The largest absolute Gasteiger partial charge is 0.462 e. The van der Waals surface area contributed by atoms with Crippen molar-refractivity contribution in [2.24, 2.45) is 23.7 Å². The second-order valence-corrected chi connectivity index (χ2v) is 7.85. The number of esters is 1. The zero-order valence-electron chi connectivity index (χ0n) is 15.1. The molecule has 0 unspecified atom stereocenters. The summed E-state index contributed by atoms with van der Waals surface area (Å²) in [5, 5.41) is 2.97. The van der Waals surface area contributed by atoms with Gasteiger partial charge in [-0.05, 0) is 62.1 Å². The average Bonchev–Trinajstić information content (AvgIpc) is 3.27. The van der Waals surface area contributed by atoms with Crippen molar-refractivity contribution >= 4 is 17.6 Å². The number of benzene rings is 2. The van der Waals surface area contributed by atoms with E-state index in [-0.39, 0.29) is 41.7 Å².